The van der Waals surface area contributed by atoms with E-state index in [4.69, 9.17) is 4.74 Å². The summed E-state index contributed by atoms with van der Waals surface area (Å²) in [5, 5.41) is 3.13. The van der Waals surface area contributed by atoms with Gasteiger partial charge in [0.25, 0.3) is 0 Å². The molecular formula is C26H33FN2O3. The van der Waals surface area contributed by atoms with E-state index in [1.807, 2.05) is 37.3 Å². The van der Waals surface area contributed by atoms with Gasteiger partial charge in [-0.2, -0.15) is 0 Å². The average molecular weight is 441 g/mol. The number of nitrogens with one attached hydrogen (secondary N) is 1. The number of para-hydroxylation sites is 1. The Bertz CT molecular complexity index is 851. The molecule has 0 heterocycles. The van der Waals surface area contributed by atoms with Gasteiger partial charge in [0.15, 0.2) is 0 Å². The number of hydrogen-bond acceptors (Lipinski definition) is 3. The van der Waals surface area contributed by atoms with Crippen LogP contribution in [0, 0.1) is 5.82 Å². The molecule has 1 N–H and O–H groups in total. The van der Waals surface area contributed by atoms with E-state index in [0.29, 0.717) is 19.4 Å². The highest BCUT2D eigenvalue weighted by Gasteiger charge is 2.30. The fraction of sp³-hybridized carbons (Fsp3) is 0.462. The van der Waals surface area contributed by atoms with Crippen LogP contribution in [0.25, 0.3) is 0 Å². The van der Waals surface area contributed by atoms with E-state index in [1.54, 1.807) is 17.0 Å². The van der Waals surface area contributed by atoms with E-state index in [-0.39, 0.29) is 36.6 Å². The lowest BCUT2D eigenvalue weighted by Crippen LogP contribution is -2.50. The van der Waals surface area contributed by atoms with E-state index in [2.05, 4.69) is 5.32 Å². The van der Waals surface area contributed by atoms with E-state index < -0.39 is 6.04 Å². The Labute approximate surface area is 190 Å². The van der Waals surface area contributed by atoms with E-state index in [1.165, 1.54) is 12.1 Å². The molecule has 1 fully saturated rings. The first-order chi connectivity index (χ1) is 15.6. The standard InChI is InChI=1S/C26H33FN2O3/c1-2-24(26(31)28-22-9-6-7-10-22)29(19-20-14-16-21(27)17-15-20)25(30)13-8-18-32-23-11-4-3-5-12-23/h3-5,11-12,14-17,22,24H,2,6-10,13,18-19H2,1H3,(H,28,31)/t24-/m1/s1. The van der Waals surface area contributed by atoms with Gasteiger partial charge in [0.1, 0.15) is 17.6 Å². The molecule has 1 aliphatic rings. The predicted molar refractivity (Wildman–Crippen MR) is 123 cm³/mol. The Hall–Kier alpha value is -2.89. The SMILES string of the molecule is CC[C@H](C(=O)NC1CCCC1)N(Cc1ccc(F)cc1)C(=O)CCCOc1ccccc1. The molecular weight excluding hydrogens is 407 g/mol. The molecule has 172 valence electrons. The molecule has 1 saturated carbocycles. The van der Waals surface area contributed by atoms with Crippen LogP contribution in [0.1, 0.15) is 57.4 Å². The van der Waals surface area contributed by atoms with Crippen molar-refractivity contribution >= 4 is 11.8 Å². The predicted octanol–water partition coefficient (Wildman–Crippen LogP) is 4.85. The molecule has 0 radical (unpaired) electrons. The number of halogens is 1. The van der Waals surface area contributed by atoms with Gasteiger partial charge in [0, 0.05) is 19.0 Å². The Balaban J connectivity index is 1.64. The van der Waals surface area contributed by atoms with Crippen LogP contribution in [0.4, 0.5) is 4.39 Å². The molecule has 1 aliphatic carbocycles. The molecule has 0 bridgehead atoms. The lowest BCUT2D eigenvalue weighted by molar-refractivity contribution is -0.141. The first kappa shape index (κ1) is 23.8. The Morgan fingerprint density at radius 3 is 2.44 bits per heavy atom. The van der Waals surface area contributed by atoms with Crippen LogP contribution in [0.15, 0.2) is 54.6 Å². The number of carbonyl (C=O) groups excluding carboxylic acids is 2. The summed E-state index contributed by atoms with van der Waals surface area (Å²) in [6.07, 6.45) is 5.58. The van der Waals surface area contributed by atoms with Crippen molar-refractivity contribution in [2.24, 2.45) is 0 Å². The van der Waals surface area contributed by atoms with Crippen LogP contribution >= 0.6 is 0 Å². The number of amides is 2. The van der Waals surface area contributed by atoms with Crippen LogP contribution < -0.4 is 10.1 Å². The zero-order valence-corrected chi connectivity index (χ0v) is 18.8. The largest absolute Gasteiger partial charge is 0.494 e. The second-order valence-electron chi connectivity index (χ2n) is 8.33. The lowest BCUT2D eigenvalue weighted by atomic mass is 10.1. The van der Waals surface area contributed by atoms with Crippen molar-refractivity contribution < 1.29 is 18.7 Å². The molecule has 2 amide bonds. The fourth-order valence-electron chi connectivity index (χ4n) is 4.15. The van der Waals surface area contributed by atoms with E-state index in [9.17, 15) is 14.0 Å². The summed E-state index contributed by atoms with van der Waals surface area (Å²) in [4.78, 5) is 27.9. The molecule has 0 aromatic heterocycles. The van der Waals surface area contributed by atoms with Crippen molar-refractivity contribution in [3.05, 3.63) is 66.0 Å². The Morgan fingerprint density at radius 2 is 1.78 bits per heavy atom. The third-order valence-corrected chi connectivity index (χ3v) is 5.90. The molecule has 0 unspecified atom stereocenters. The average Bonchev–Trinajstić information content (AvgIpc) is 3.31. The number of ether oxygens (including phenoxy) is 1. The molecule has 5 nitrogen and oxygen atoms in total. The molecule has 0 saturated heterocycles. The fourth-order valence-corrected chi connectivity index (χ4v) is 4.15. The zero-order chi connectivity index (χ0) is 22.8. The summed E-state index contributed by atoms with van der Waals surface area (Å²) in [5.74, 6) is 0.246. The highest BCUT2D eigenvalue weighted by atomic mass is 19.1. The second kappa shape index (κ2) is 12.2. The van der Waals surface area contributed by atoms with Crippen LogP contribution in [0.2, 0.25) is 0 Å². The molecule has 2 aromatic rings. The molecule has 2 aromatic carbocycles. The maximum absolute atomic E-state index is 13.3. The molecule has 3 rings (SSSR count). The highest BCUT2D eigenvalue weighted by molar-refractivity contribution is 5.87. The minimum Gasteiger partial charge on any atom is -0.494 e. The van der Waals surface area contributed by atoms with Gasteiger partial charge in [-0.15, -0.1) is 0 Å². The first-order valence-electron chi connectivity index (χ1n) is 11.6. The molecule has 0 aliphatic heterocycles. The van der Waals surface area contributed by atoms with E-state index >= 15 is 0 Å². The number of rotatable bonds is 11. The molecule has 32 heavy (non-hydrogen) atoms. The van der Waals surface area contributed by atoms with Gasteiger partial charge in [0.2, 0.25) is 11.8 Å². The van der Waals surface area contributed by atoms with Crippen LogP contribution in [0.5, 0.6) is 5.75 Å². The van der Waals surface area contributed by atoms with Crippen molar-refractivity contribution in [3.63, 3.8) is 0 Å². The molecule has 1 atom stereocenters. The van der Waals surface area contributed by atoms with Crippen LogP contribution in [-0.2, 0) is 16.1 Å². The summed E-state index contributed by atoms with van der Waals surface area (Å²) < 4.78 is 19.0. The first-order valence-corrected chi connectivity index (χ1v) is 11.6. The summed E-state index contributed by atoms with van der Waals surface area (Å²) in [6, 6.07) is 15.2. The smallest absolute Gasteiger partial charge is 0.243 e. The normalized spacial score (nSPS) is 14.7. The minimum absolute atomic E-state index is 0.0978. The number of benzene rings is 2. The van der Waals surface area contributed by atoms with Crippen molar-refractivity contribution in [2.45, 2.75) is 70.5 Å². The van der Waals surface area contributed by atoms with E-state index in [0.717, 1.165) is 37.0 Å². The number of hydrogen-bond donors (Lipinski definition) is 1. The van der Waals surface area contributed by atoms with Crippen molar-refractivity contribution in [3.8, 4) is 5.75 Å². The summed E-state index contributed by atoms with van der Waals surface area (Å²) in [7, 11) is 0. The third-order valence-electron chi connectivity index (χ3n) is 5.90. The van der Waals surface area contributed by atoms with Crippen LogP contribution in [-0.4, -0.2) is 35.4 Å². The van der Waals surface area contributed by atoms with Gasteiger partial charge in [-0.25, -0.2) is 4.39 Å². The number of nitrogens with zero attached hydrogens (tertiary/aromatic N) is 1. The topological polar surface area (TPSA) is 58.6 Å². The summed E-state index contributed by atoms with van der Waals surface area (Å²) >= 11 is 0. The van der Waals surface area contributed by atoms with Crippen molar-refractivity contribution in [1.82, 2.24) is 10.2 Å². The minimum atomic E-state index is -0.553. The van der Waals surface area contributed by atoms with Crippen molar-refractivity contribution in [1.29, 1.82) is 0 Å². The van der Waals surface area contributed by atoms with Gasteiger partial charge in [-0.3, -0.25) is 9.59 Å². The zero-order valence-electron chi connectivity index (χ0n) is 18.8. The second-order valence-corrected chi connectivity index (χ2v) is 8.33. The van der Waals surface area contributed by atoms with Crippen molar-refractivity contribution in [2.75, 3.05) is 6.61 Å². The summed E-state index contributed by atoms with van der Waals surface area (Å²) in [5.41, 5.74) is 0.799. The maximum Gasteiger partial charge on any atom is 0.243 e. The lowest BCUT2D eigenvalue weighted by Gasteiger charge is -2.31. The third kappa shape index (κ3) is 7.08. The Morgan fingerprint density at radius 1 is 1.09 bits per heavy atom. The number of carbonyl (C=O) groups is 2. The maximum atomic E-state index is 13.3. The summed E-state index contributed by atoms with van der Waals surface area (Å²) in [6.45, 7) is 2.61. The molecule has 0 spiro atoms. The van der Waals surface area contributed by atoms with Gasteiger partial charge >= 0.3 is 0 Å². The van der Waals surface area contributed by atoms with Crippen LogP contribution in [0.3, 0.4) is 0 Å². The van der Waals surface area contributed by atoms with Gasteiger partial charge in [0.05, 0.1) is 6.61 Å². The Kier molecular flexibility index (Phi) is 9.08. The quantitative estimate of drug-likeness (QED) is 0.508. The monoisotopic (exact) mass is 440 g/mol. The highest BCUT2D eigenvalue weighted by Crippen LogP contribution is 2.20. The van der Waals surface area contributed by atoms with Gasteiger partial charge in [-0.1, -0.05) is 50.1 Å². The van der Waals surface area contributed by atoms with Gasteiger partial charge < -0.3 is 15.0 Å². The molecule has 6 heteroatoms. The van der Waals surface area contributed by atoms with Gasteiger partial charge in [-0.05, 0) is 55.5 Å².